The van der Waals surface area contributed by atoms with Crippen molar-refractivity contribution in [3.8, 4) is 5.75 Å². The minimum Gasteiger partial charge on any atom is -0.478 e. The predicted molar refractivity (Wildman–Crippen MR) is 80.9 cm³/mol. The van der Waals surface area contributed by atoms with Crippen molar-refractivity contribution in [2.24, 2.45) is 5.92 Å². The van der Waals surface area contributed by atoms with Crippen LogP contribution in [0.25, 0.3) is 0 Å². The number of nitrogens with zero attached hydrogens (tertiary/aromatic N) is 1. The van der Waals surface area contributed by atoms with Crippen LogP contribution in [0.2, 0.25) is 0 Å². The molecule has 1 fully saturated rings. The summed E-state index contributed by atoms with van der Waals surface area (Å²) in [5.41, 5.74) is 0.373. The van der Waals surface area contributed by atoms with Gasteiger partial charge in [-0.1, -0.05) is 24.6 Å². The zero-order valence-corrected chi connectivity index (χ0v) is 13.0. The average Bonchev–Trinajstić information content (AvgIpc) is 2.40. The first kappa shape index (κ1) is 14.9. The maximum Gasteiger partial charge on any atom is 0.266 e. The molecule has 1 aliphatic rings. The van der Waals surface area contributed by atoms with Crippen LogP contribution in [-0.4, -0.2) is 29.5 Å². The predicted octanol–water partition coefficient (Wildman–Crippen LogP) is 3.41. The molecule has 1 aromatic carbocycles. The third kappa shape index (κ3) is 3.53. The molecule has 0 aromatic heterocycles. The molecule has 0 aliphatic carbocycles. The lowest BCUT2D eigenvalue weighted by Gasteiger charge is -2.36. The molecule has 110 valence electrons. The Morgan fingerprint density at radius 1 is 1.30 bits per heavy atom. The SMILES string of the molecule is Cc1ccc(OC(C)(C)C(=O)N2CCCC(C)C2)cc1. The Labute approximate surface area is 121 Å². The van der Waals surface area contributed by atoms with E-state index in [9.17, 15) is 4.79 Å². The fourth-order valence-electron chi connectivity index (χ4n) is 2.70. The van der Waals surface area contributed by atoms with Crippen LogP contribution in [0.5, 0.6) is 5.75 Å². The van der Waals surface area contributed by atoms with Gasteiger partial charge in [-0.15, -0.1) is 0 Å². The third-order valence-electron chi connectivity index (χ3n) is 3.85. The van der Waals surface area contributed by atoms with E-state index in [1.165, 1.54) is 12.0 Å². The van der Waals surface area contributed by atoms with Crippen molar-refractivity contribution in [2.45, 2.75) is 46.1 Å². The van der Waals surface area contributed by atoms with Gasteiger partial charge < -0.3 is 9.64 Å². The number of ether oxygens (including phenoxy) is 1. The van der Waals surface area contributed by atoms with E-state index in [1.54, 1.807) is 0 Å². The number of amides is 1. The van der Waals surface area contributed by atoms with Crippen molar-refractivity contribution in [1.82, 2.24) is 4.90 Å². The van der Waals surface area contributed by atoms with Gasteiger partial charge in [-0.3, -0.25) is 4.79 Å². The van der Waals surface area contributed by atoms with Crippen molar-refractivity contribution in [3.05, 3.63) is 29.8 Å². The zero-order chi connectivity index (χ0) is 14.8. The van der Waals surface area contributed by atoms with Crippen LogP contribution < -0.4 is 4.74 Å². The van der Waals surface area contributed by atoms with Crippen molar-refractivity contribution in [3.63, 3.8) is 0 Å². The molecule has 1 aromatic rings. The van der Waals surface area contributed by atoms with Gasteiger partial charge in [0.25, 0.3) is 5.91 Å². The molecule has 20 heavy (non-hydrogen) atoms. The second-order valence-electron chi connectivity index (χ2n) is 6.42. The van der Waals surface area contributed by atoms with Gasteiger partial charge in [-0.2, -0.15) is 0 Å². The molecule has 1 aliphatic heterocycles. The van der Waals surface area contributed by atoms with E-state index in [0.29, 0.717) is 5.92 Å². The van der Waals surface area contributed by atoms with E-state index in [1.807, 2.05) is 49.9 Å². The molecule has 0 saturated carbocycles. The molecular weight excluding hydrogens is 250 g/mol. The standard InChI is InChI=1S/C17H25NO2/c1-13-7-9-15(10-8-13)20-17(3,4)16(19)18-11-5-6-14(2)12-18/h7-10,14H,5-6,11-12H2,1-4H3. The fraction of sp³-hybridized carbons (Fsp3) is 0.588. The van der Waals surface area contributed by atoms with Gasteiger partial charge >= 0.3 is 0 Å². The van der Waals surface area contributed by atoms with Crippen molar-refractivity contribution >= 4 is 5.91 Å². The summed E-state index contributed by atoms with van der Waals surface area (Å²) in [5, 5.41) is 0. The van der Waals surface area contributed by atoms with Gasteiger partial charge in [-0.25, -0.2) is 0 Å². The van der Waals surface area contributed by atoms with E-state index in [2.05, 4.69) is 6.92 Å². The molecule has 0 N–H and O–H groups in total. The summed E-state index contributed by atoms with van der Waals surface area (Å²) in [4.78, 5) is 14.6. The van der Waals surface area contributed by atoms with Crippen LogP contribution in [0, 0.1) is 12.8 Å². The number of carbonyl (C=O) groups is 1. The third-order valence-corrected chi connectivity index (χ3v) is 3.85. The van der Waals surface area contributed by atoms with Crippen LogP contribution in [-0.2, 0) is 4.79 Å². The molecule has 1 atom stereocenters. The van der Waals surface area contributed by atoms with Crippen LogP contribution in [0.4, 0.5) is 0 Å². The number of carbonyl (C=O) groups excluding carboxylic acids is 1. The number of rotatable bonds is 3. The molecule has 1 saturated heterocycles. The summed E-state index contributed by atoms with van der Waals surface area (Å²) in [6.07, 6.45) is 2.30. The van der Waals surface area contributed by atoms with Gasteiger partial charge in [0, 0.05) is 13.1 Å². The van der Waals surface area contributed by atoms with Gasteiger partial charge in [0.15, 0.2) is 5.60 Å². The van der Waals surface area contributed by atoms with Gasteiger partial charge in [-0.05, 0) is 51.7 Å². The molecular formula is C17H25NO2. The lowest BCUT2D eigenvalue weighted by molar-refractivity contribution is -0.147. The normalized spacial score (nSPS) is 19.8. The topological polar surface area (TPSA) is 29.5 Å². The van der Waals surface area contributed by atoms with E-state index < -0.39 is 5.60 Å². The maximum atomic E-state index is 12.6. The van der Waals surface area contributed by atoms with Crippen LogP contribution in [0.15, 0.2) is 24.3 Å². The zero-order valence-electron chi connectivity index (χ0n) is 13.0. The minimum atomic E-state index is -0.813. The lowest BCUT2D eigenvalue weighted by Crippen LogP contribution is -2.51. The molecule has 2 rings (SSSR count). The second-order valence-corrected chi connectivity index (χ2v) is 6.42. The number of aryl methyl sites for hydroxylation is 1. The van der Waals surface area contributed by atoms with Crippen LogP contribution >= 0.6 is 0 Å². The van der Waals surface area contributed by atoms with Gasteiger partial charge in [0.1, 0.15) is 5.75 Å². The highest BCUT2D eigenvalue weighted by Crippen LogP contribution is 2.23. The number of hydrogen-bond acceptors (Lipinski definition) is 2. The van der Waals surface area contributed by atoms with E-state index in [-0.39, 0.29) is 5.91 Å². The summed E-state index contributed by atoms with van der Waals surface area (Å²) in [6, 6.07) is 7.84. The first-order valence-electron chi connectivity index (χ1n) is 7.43. The highest BCUT2D eigenvalue weighted by molar-refractivity contribution is 5.84. The molecule has 0 bridgehead atoms. The average molecular weight is 275 g/mol. The Morgan fingerprint density at radius 3 is 2.55 bits per heavy atom. The number of benzene rings is 1. The quantitative estimate of drug-likeness (QED) is 0.846. The Hall–Kier alpha value is -1.51. The first-order valence-corrected chi connectivity index (χ1v) is 7.43. The minimum absolute atomic E-state index is 0.0876. The highest BCUT2D eigenvalue weighted by Gasteiger charge is 2.35. The second kappa shape index (κ2) is 5.86. The Kier molecular flexibility index (Phi) is 4.36. The first-order chi connectivity index (χ1) is 9.38. The van der Waals surface area contributed by atoms with Crippen molar-refractivity contribution < 1.29 is 9.53 Å². The summed E-state index contributed by atoms with van der Waals surface area (Å²) in [5.74, 6) is 1.42. The Balaban J connectivity index is 2.04. The van der Waals surface area contributed by atoms with Crippen molar-refractivity contribution in [1.29, 1.82) is 0 Å². The van der Waals surface area contributed by atoms with Crippen LogP contribution in [0.1, 0.15) is 39.2 Å². The molecule has 1 amide bonds. The van der Waals surface area contributed by atoms with E-state index >= 15 is 0 Å². The summed E-state index contributed by atoms with van der Waals surface area (Å²) in [7, 11) is 0. The summed E-state index contributed by atoms with van der Waals surface area (Å²) >= 11 is 0. The molecule has 0 radical (unpaired) electrons. The summed E-state index contributed by atoms with van der Waals surface area (Å²) in [6.45, 7) is 9.65. The monoisotopic (exact) mass is 275 g/mol. The van der Waals surface area contributed by atoms with Gasteiger partial charge in [0.05, 0.1) is 0 Å². The molecule has 3 nitrogen and oxygen atoms in total. The Morgan fingerprint density at radius 2 is 1.95 bits per heavy atom. The van der Waals surface area contributed by atoms with Crippen molar-refractivity contribution in [2.75, 3.05) is 13.1 Å². The highest BCUT2D eigenvalue weighted by atomic mass is 16.5. The maximum absolute atomic E-state index is 12.6. The van der Waals surface area contributed by atoms with E-state index in [0.717, 1.165) is 25.3 Å². The number of hydrogen-bond donors (Lipinski definition) is 0. The smallest absolute Gasteiger partial charge is 0.266 e. The fourth-order valence-corrected chi connectivity index (χ4v) is 2.70. The molecule has 1 heterocycles. The largest absolute Gasteiger partial charge is 0.478 e. The molecule has 1 unspecified atom stereocenters. The van der Waals surface area contributed by atoms with Gasteiger partial charge in [0.2, 0.25) is 0 Å². The van der Waals surface area contributed by atoms with E-state index in [4.69, 9.17) is 4.74 Å². The Bertz CT molecular complexity index is 464. The number of likely N-dealkylation sites (tertiary alicyclic amines) is 1. The molecule has 0 spiro atoms. The lowest BCUT2D eigenvalue weighted by atomic mass is 9.98. The molecule has 3 heteroatoms. The van der Waals surface area contributed by atoms with Crippen LogP contribution in [0.3, 0.4) is 0 Å². The number of piperidine rings is 1. The summed E-state index contributed by atoms with van der Waals surface area (Å²) < 4.78 is 5.92.